The third kappa shape index (κ3) is 4.32. The fraction of sp³-hybridized carbons (Fsp3) is 0.474. The van der Waals surface area contributed by atoms with Crippen LogP contribution in [-0.4, -0.2) is 35.4 Å². The molecular weight excluding hydrogens is 359 g/mol. The number of ether oxygens (including phenoxy) is 1. The van der Waals surface area contributed by atoms with E-state index in [1.165, 1.54) is 23.9 Å². The van der Waals surface area contributed by atoms with Crippen molar-refractivity contribution in [1.29, 1.82) is 0 Å². The molecule has 5 nitrogen and oxygen atoms in total. The molecule has 0 atom stereocenters. The van der Waals surface area contributed by atoms with Crippen molar-refractivity contribution in [3.8, 4) is 11.1 Å². The van der Waals surface area contributed by atoms with E-state index in [2.05, 4.69) is 10.4 Å². The first-order valence-electron chi connectivity index (χ1n) is 8.84. The molecule has 2 aromatic rings. The van der Waals surface area contributed by atoms with E-state index < -0.39 is 11.9 Å². The van der Waals surface area contributed by atoms with Crippen LogP contribution in [0.15, 0.2) is 24.3 Å². The van der Waals surface area contributed by atoms with Gasteiger partial charge in [-0.25, -0.2) is 0 Å². The zero-order valence-corrected chi connectivity index (χ0v) is 15.3. The molecule has 0 bridgehead atoms. The summed E-state index contributed by atoms with van der Waals surface area (Å²) in [5.41, 5.74) is 0.340. The Morgan fingerprint density at radius 3 is 2.48 bits per heavy atom. The van der Waals surface area contributed by atoms with Gasteiger partial charge >= 0.3 is 6.18 Å². The Kier molecular flexibility index (Phi) is 5.55. The summed E-state index contributed by atoms with van der Waals surface area (Å²) in [4.78, 5) is 12.3. The molecule has 1 aromatic carbocycles. The number of aryl methyl sites for hydroxylation is 1. The second-order valence-electron chi connectivity index (χ2n) is 6.77. The highest BCUT2D eigenvalue weighted by atomic mass is 19.4. The first kappa shape index (κ1) is 19.4. The fourth-order valence-corrected chi connectivity index (χ4v) is 3.23. The molecule has 8 heteroatoms. The number of hydrogen-bond donors (Lipinski definition) is 1. The minimum absolute atomic E-state index is 0.0409. The van der Waals surface area contributed by atoms with Crippen molar-refractivity contribution in [2.24, 2.45) is 13.0 Å². The summed E-state index contributed by atoms with van der Waals surface area (Å²) in [6.45, 7) is 3.58. The van der Waals surface area contributed by atoms with E-state index in [0.29, 0.717) is 42.5 Å². The van der Waals surface area contributed by atoms with Gasteiger partial charge in [-0.1, -0.05) is 12.1 Å². The van der Waals surface area contributed by atoms with Gasteiger partial charge in [-0.3, -0.25) is 9.48 Å². The molecule has 0 unspecified atom stereocenters. The Morgan fingerprint density at radius 1 is 1.26 bits per heavy atom. The molecule has 2 heterocycles. The highest BCUT2D eigenvalue weighted by Crippen LogP contribution is 2.38. The molecule has 3 rings (SSSR count). The number of rotatable bonds is 4. The van der Waals surface area contributed by atoms with Crippen LogP contribution in [0.4, 0.5) is 13.2 Å². The molecule has 0 radical (unpaired) electrons. The average Bonchev–Trinajstić information content (AvgIpc) is 2.96. The van der Waals surface area contributed by atoms with Gasteiger partial charge in [0.05, 0.1) is 0 Å². The topological polar surface area (TPSA) is 56.1 Å². The van der Waals surface area contributed by atoms with Gasteiger partial charge in [-0.15, -0.1) is 0 Å². The highest BCUT2D eigenvalue weighted by Gasteiger charge is 2.38. The monoisotopic (exact) mass is 381 g/mol. The minimum Gasteiger partial charge on any atom is -0.381 e. The van der Waals surface area contributed by atoms with E-state index in [4.69, 9.17) is 4.74 Å². The van der Waals surface area contributed by atoms with Crippen LogP contribution in [0.3, 0.4) is 0 Å². The maximum Gasteiger partial charge on any atom is 0.435 e. The maximum atomic E-state index is 13.3. The van der Waals surface area contributed by atoms with Crippen LogP contribution in [-0.2, 0) is 18.0 Å². The molecule has 1 amide bonds. The minimum atomic E-state index is -4.54. The molecule has 1 N–H and O–H groups in total. The predicted octanol–water partition coefficient (Wildman–Crippen LogP) is 3.57. The summed E-state index contributed by atoms with van der Waals surface area (Å²) in [6, 6.07) is 6.15. The number of halogens is 3. The van der Waals surface area contributed by atoms with Crippen molar-refractivity contribution in [2.45, 2.75) is 25.9 Å². The Morgan fingerprint density at radius 2 is 1.89 bits per heavy atom. The number of alkyl halides is 3. The quantitative estimate of drug-likeness (QED) is 0.881. The zero-order valence-electron chi connectivity index (χ0n) is 15.3. The zero-order chi connectivity index (χ0) is 19.6. The van der Waals surface area contributed by atoms with Gasteiger partial charge in [-0.05, 0) is 43.4 Å². The van der Waals surface area contributed by atoms with Crippen LogP contribution in [0.5, 0.6) is 0 Å². The molecule has 1 fully saturated rings. The fourth-order valence-electron chi connectivity index (χ4n) is 3.23. The highest BCUT2D eigenvalue weighted by molar-refractivity contribution is 5.94. The molecule has 27 heavy (non-hydrogen) atoms. The lowest BCUT2D eigenvalue weighted by atomic mass is 9.99. The van der Waals surface area contributed by atoms with Gasteiger partial charge < -0.3 is 10.1 Å². The SMILES string of the molecule is Cc1c(-c2ccc(C(=O)NCC3CCOCC3)cc2)c(C(F)(F)F)nn1C. The number of benzene rings is 1. The number of aromatic nitrogens is 2. The van der Waals surface area contributed by atoms with E-state index in [9.17, 15) is 18.0 Å². The van der Waals surface area contributed by atoms with Gasteiger partial charge in [0.1, 0.15) is 0 Å². The predicted molar refractivity (Wildman–Crippen MR) is 94.3 cm³/mol. The van der Waals surface area contributed by atoms with Gasteiger partial charge in [0, 0.05) is 43.6 Å². The van der Waals surface area contributed by atoms with Gasteiger partial charge in [-0.2, -0.15) is 18.3 Å². The molecule has 0 aliphatic carbocycles. The van der Waals surface area contributed by atoms with Crippen molar-refractivity contribution < 1.29 is 22.7 Å². The number of carbonyl (C=O) groups excluding carboxylic acids is 1. The second kappa shape index (κ2) is 7.72. The Balaban J connectivity index is 1.75. The van der Waals surface area contributed by atoms with Crippen molar-refractivity contribution in [3.63, 3.8) is 0 Å². The Labute approximate surface area is 155 Å². The molecular formula is C19H22F3N3O2. The van der Waals surface area contributed by atoms with Gasteiger partial charge in [0.15, 0.2) is 5.69 Å². The number of carbonyl (C=O) groups is 1. The third-order valence-electron chi connectivity index (χ3n) is 4.93. The second-order valence-corrected chi connectivity index (χ2v) is 6.77. The first-order valence-corrected chi connectivity index (χ1v) is 8.84. The van der Waals surface area contributed by atoms with Crippen LogP contribution in [0.2, 0.25) is 0 Å². The number of amides is 1. The average molecular weight is 381 g/mol. The smallest absolute Gasteiger partial charge is 0.381 e. The summed E-state index contributed by atoms with van der Waals surface area (Å²) in [5, 5.41) is 6.49. The van der Waals surface area contributed by atoms with Crippen LogP contribution >= 0.6 is 0 Å². The molecule has 1 aliphatic heterocycles. The normalized spacial score (nSPS) is 15.7. The van der Waals surface area contributed by atoms with Crippen molar-refractivity contribution in [3.05, 3.63) is 41.2 Å². The van der Waals surface area contributed by atoms with E-state index >= 15 is 0 Å². The number of nitrogens with one attached hydrogen (secondary N) is 1. The first-order chi connectivity index (χ1) is 12.8. The van der Waals surface area contributed by atoms with Crippen molar-refractivity contribution >= 4 is 5.91 Å². The summed E-state index contributed by atoms with van der Waals surface area (Å²) >= 11 is 0. The maximum absolute atomic E-state index is 13.3. The van der Waals surface area contributed by atoms with Crippen LogP contribution < -0.4 is 5.32 Å². The molecule has 0 spiro atoms. The van der Waals surface area contributed by atoms with Crippen LogP contribution in [0.1, 0.15) is 34.6 Å². The number of hydrogen-bond acceptors (Lipinski definition) is 3. The van der Waals surface area contributed by atoms with Crippen molar-refractivity contribution in [2.75, 3.05) is 19.8 Å². The van der Waals surface area contributed by atoms with Gasteiger partial charge in [0.2, 0.25) is 0 Å². The lowest BCUT2D eigenvalue weighted by molar-refractivity contribution is -0.140. The van der Waals surface area contributed by atoms with E-state index in [1.807, 2.05) is 0 Å². The molecule has 1 aliphatic rings. The largest absolute Gasteiger partial charge is 0.435 e. The molecule has 0 saturated carbocycles. The standard InChI is InChI=1S/C19H22F3N3O2/c1-12-16(17(19(20,21)22)24-25(12)2)14-3-5-15(6-4-14)18(26)23-11-13-7-9-27-10-8-13/h3-6,13H,7-11H2,1-2H3,(H,23,26). The lowest BCUT2D eigenvalue weighted by Crippen LogP contribution is -2.32. The summed E-state index contributed by atoms with van der Waals surface area (Å²) < 4.78 is 46.3. The number of nitrogens with zero attached hydrogens (tertiary/aromatic N) is 2. The molecule has 146 valence electrons. The van der Waals surface area contributed by atoms with Gasteiger partial charge in [0.25, 0.3) is 5.91 Å². The molecule has 1 saturated heterocycles. The summed E-state index contributed by atoms with van der Waals surface area (Å²) in [5.74, 6) is 0.168. The van der Waals surface area contributed by atoms with Crippen molar-refractivity contribution in [1.82, 2.24) is 15.1 Å². The third-order valence-corrected chi connectivity index (χ3v) is 4.93. The summed E-state index contributed by atoms with van der Waals surface area (Å²) in [6.07, 6.45) is -2.71. The van der Waals surface area contributed by atoms with E-state index in [1.54, 1.807) is 19.1 Å². The Bertz CT molecular complexity index is 807. The summed E-state index contributed by atoms with van der Waals surface area (Å²) in [7, 11) is 1.48. The Hall–Kier alpha value is -2.35. The lowest BCUT2D eigenvalue weighted by Gasteiger charge is -2.22. The van der Waals surface area contributed by atoms with Crippen LogP contribution in [0.25, 0.3) is 11.1 Å². The molecule has 1 aromatic heterocycles. The van der Waals surface area contributed by atoms with Crippen LogP contribution in [0, 0.1) is 12.8 Å². The van der Waals surface area contributed by atoms with E-state index in [0.717, 1.165) is 12.8 Å². The van der Waals surface area contributed by atoms with E-state index in [-0.39, 0.29) is 11.5 Å².